The molecule has 4 rings (SSSR count). The maximum atomic E-state index is 13.2. The van der Waals surface area contributed by atoms with Crippen LogP contribution in [-0.2, 0) is 6.54 Å². The second kappa shape index (κ2) is 8.71. The number of thiophene rings is 1. The van der Waals surface area contributed by atoms with Crippen LogP contribution in [0.3, 0.4) is 0 Å². The number of ether oxygens (including phenoxy) is 2. The first-order valence-corrected chi connectivity index (χ1v) is 10.8. The van der Waals surface area contributed by atoms with Gasteiger partial charge in [0.25, 0.3) is 5.56 Å². The molecule has 0 radical (unpaired) electrons. The molecule has 0 fully saturated rings. The Morgan fingerprint density at radius 2 is 1.73 bits per heavy atom. The van der Waals surface area contributed by atoms with Crippen molar-refractivity contribution in [3.05, 3.63) is 75.7 Å². The molecule has 0 aliphatic heterocycles. The van der Waals surface area contributed by atoms with Crippen molar-refractivity contribution in [2.24, 2.45) is 0 Å². The molecule has 0 saturated heterocycles. The van der Waals surface area contributed by atoms with Crippen LogP contribution in [0, 0.1) is 13.8 Å². The summed E-state index contributed by atoms with van der Waals surface area (Å²) in [5.41, 5.74) is 4.15. The zero-order valence-electron chi connectivity index (χ0n) is 17.3. The Bertz CT molecular complexity index is 1210. The van der Waals surface area contributed by atoms with Crippen LogP contribution in [0.15, 0.2) is 59.0 Å². The zero-order valence-corrected chi connectivity index (χ0v) is 18.2. The number of fused-ring (bicyclic) bond motifs is 1. The largest absolute Gasteiger partial charge is 0.494 e. The number of rotatable bonds is 7. The van der Waals surface area contributed by atoms with Crippen LogP contribution in [-0.4, -0.2) is 22.8 Å². The van der Waals surface area contributed by atoms with E-state index >= 15 is 0 Å². The molecule has 4 aromatic rings. The van der Waals surface area contributed by atoms with Crippen LogP contribution in [0.4, 0.5) is 0 Å². The Hall–Kier alpha value is -3.12. The third-order valence-electron chi connectivity index (χ3n) is 4.83. The van der Waals surface area contributed by atoms with Gasteiger partial charge >= 0.3 is 0 Å². The molecule has 0 atom stereocenters. The van der Waals surface area contributed by atoms with Crippen LogP contribution in [0.2, 0.25) is 0 Å². The summed E-state index contributed by atoms with van der Waals surface area (Å²) in [6, 6.07) is 13.9. The van der Waals surface area contributed by atoms with E-state index < -0.39 is 0 Å². The van der Waals surface area contributed by atoms with Crippen LogP contribution < -0.4 is 15.0 Å². The van der Waals surface area contributed by atoms with Crippen molar-refractivity contribution in [2.75, 3.05) is 13.2 Å². The minimum Gasteiger partial charge on any atom is -0.494 e. The van der Waals surface area contributed by atoms with Gasteiger partial charge in [-0.1, -0.05) is 18.2 Å². The molecule has 0 N–H and O–H groups in total. The maximum Gasteiger partial charge on any atom is 0.262 e. The zero-order chi connectivity index (χ0) is 21.1. The van der Waals surface area contributed by atoms with Gasteiger partial charge in [-0.05, 0) is 61.7 Å². The van der Waals surface area contributed by atoms with Crippen molar-refractivity contribution < 1.29 is 9.47 Å². The van der Waals surface area contributed by atoms with E-state index in [0.717, 1.165) is 38.6 Å². The predicted octanol–water partition coefficient (Wildman–Crippen LogP) is 5.22. The van der Waals surface area contributed by atoms with E-state index in [-0.39, 0.29) is 5.56 Å². The van der Waals surface area contributed by atoms with E-state index in [1.54, 1.807) is 10.9 Å². The number of benzene rings is 2. The number of nitrogens with zero attached hydrogens (tertiary/aromatic N) is 2. The fourth-order valence-corrected chi connectivity index (χ4v) is 4.42. The number of hydrogen-bond donors (Lipinski definition) is 0. The van der Waals surface area contributed by atoms with Crippen molar-refractivity contribution in [3.8, 4) is 22.6 Å². The number of aryl methyl sites for hydroxylation is 2. The summed E-state index contributed by atoms with van der Waals surface area (Å²) in [6.45, 7) is 7.51. The maximum absolute atomic E-state index is 13.2. The van der Waals surface area contributed by atoms with E-state index in [0.29, 0.717) is 25.1 Å². The van der Waals surface area contributed by atoms with E-state index in [9.17, 15) is 4.79 Å². The van der Waals surface area contributed by atoms with Crippen molar-refractivity contribution >= 4 is 21.6 Å². The molecule has 2 aromatic carbocycles. The monoisotopic (exact) mass is 420 g/mol. The quantitative estimate of drug-likeness (QED) is 0.411. The fraction of sp³-hybridized carbons (Fsp3) is 0.250. The fourth-order valence-electron chi connectivity index (χ4n) is 3.51. The Labute approximate surface area is 179 Å². The van der Waals surface area contributed by atoms with Gasteiger partial charge in [0, 0.05) is 10.9 Å². The van der Waals surface area contributed by atoms with Crippen molar-refractivity contribution in [1.82, 2.24) is 9.55 Å². The molecule has 30 heavy (non-hydrogen) atoms. The minimum absolute atomic E-state index is 0.0471. The van der Waals surface area contributed by atoms with Gasteiger partial charge in [0.05, 0.1) is 24.9 Å². The Morgan fingerprint density at radius 3 is 2.43 bits per heavy atom. The van der Waals surface area contributed by atoms with Crippen molar-refractivity contribution in [1.29, 1.82) is 0 Å². The minimum atomic E-state index is -0.0471. The molecular formula is C24H24N2O3S. The van der Waals surface area contributed by atoms with Gasteiger partial charge in [-0.3, -0.25) is 9.36 Å². The van der Waals surface area contributed by atoms with Crippen LogP contribution in [0.25, 0.3) is 21.3 Å². The molecule has 0 saturated carbocycles. The summed E-state index contributed by atoms with van der Waals surface area (Å²) in [6.07, 6.45) is 1.61. The molecule has 0 aliphatic carbocycles. The first-order chi connectivity index (χ1) is 14.5. The molecule has 0 spiro atoms. The van der Waals surface area contributed by atoms with Gasteiger partial charge in [-0.15, -0.1) is 11.3 Å². The highest BCUT2D eigenvalue weighted by molar-refractivity contribution is 7.17. The molecule has 154 valence electrons. The summed E-state index contributed by atoms with van der Waals surface area (Å²) in [7, 11) is 0. The predicted molar refractivity (Wildman–Crippen MR) is 122 cm³/mol. The highest BCUT2D eigenvalue weighted by atomic mass is 32.1. The van der Waals surface area contributed by atoms with E-state index in [4.69, 9.17) is 9.47 Å². The van der Waals surface area contributed by atoms with Gasteiger partial charge in [0.15, 0.2) is 0 Å². The summed E-state index contributed by atoms with van der Waals surface area (Å²) in [4.78, 5) is 18.4. The van der Waals surface area contributed by atoms with Gasteiger partial charge in [-0.2, -0.15) is 0 Å². The average Bonchev–Trinajstić information content (AvgIpc) is 3.15. The highest BCUT2D eigenvalue weighted by Crippen LogP contribution is 2.31. The summed E-state index contributed by atoms with van der Waals surface area (Å²) < 4.78 is 13.0. The summed E-state index contributed by atoms with van der Waals surface area (Å²) in [5, 5.41) is 2.64. The summed E-state index contributed by atoms with van der Waals surface area (Å²) >= 11 is 1.48. The normalized spacial score (nSPS) is 11.0. The van der Waals surface area contributed by atoms with Crippen LogP contribution >= 0.6 is 11.3 Å². The molecule has 2 heterocycles. The molecule has 2 aromatic heterocycles. The van der Waals surface area contributed by atoms with Gasteiger partial charge in [0.2, 0.25) is 0 Å². The Morgan fingerprint density at radius 1 is 1.00 bits per heavy atom. The van der Waals surface area contributed by atoms with Crippen molar-refractivity contribution in [3.63, 3.8) is 0 Å². The van der Waals surface area contributed by atoms with Gasteiger partial charge in [0.1, 0.15) is 22.9 Å². The standard InChI is InChI=1S/C24H24N2O3S/c1-4-28-19-7-5-18(6-8-19)21-14-30-23-22(21)24(27)26(15-25-23)9-10-29-20-12-16(2)11-17(3)13-20/h5-8,11-15H,4,9-10H2,1-3H3. The first-order valence-electron chi connectivity index (χ1n) is 9.96. The topological polar surface area (TPSA) is 53.4 Å². The molecule has 0 aliphatic rings. The van der Waals surface area contributed by atoms with Crippen molar-refractivity contribution in [2.45, 2.75) is 27.3 Å². The Balaban J connectivity index is 1.57. The lowest BCUT2D eigenvalue weighted by atomic mass is 10.1. The molecule has 0 bridgehead atoms. The van der Waals surface area contributed by atoms with Gasteiger partial charge in [-0.25, -0.2) is 4.98 Å². The SMILES string of the molecule is CCOc1ccc(-c2csc3ncn(CCOc4cc(C)cc(C)c4)c(=O)c23)cc1. The molecule has 0 amide bonds. The molecule has 5 nitrogen and oxygen atoms in total. The Kier molecular flexibility index (Phi) is 5.86. The highest BCUT2D eigenvalue weighted by Gasteiger charge is 2.13. The van der Waals surface area contributed by atoms with Crippen LogP contribution in [0.1, 0.15) is 18.1 Å². The molecular weight excluding hydrogens is 396 g/mol. The lowest BCUT2D eigenvalue weighted by Gasteiger charge is -2.10. The van der Waals surface area contributed by atoms with E-state index in [2.05, 4.69) is 11.1 Å². The average molecular weight is 421 g/mol. The molecule has 6 heteroatoms. The smallest absolute Gasteiger partial charge is 0.262 e. The third-order valence-corrected chi connectivity index (χ3v) is 5.72. The summed E-state index contributed by atoms with van der Waals surface area (Å²) in [5.74, 6) is 1.64. The lowest BCUT2D eigenvalue weighted by Crippen LogP contribution is -2.23. The van der Waals surface area contributed by atoms with E-state index in [1.807, 2.05) is 62.5 Å². The number of aromatic nitrogens is 2. The number of hydrogen-bond acceptors (Lipinski definition) is 5. The lowest BCUT2D eigenvalue weighted by molar-refractivity contribution is 0.295. The first kappa shape index (κ1) is 20.2. The third kappa shape index (κ3) is 4.24. The molecule has 0 unspecified atom stereocenters. The second-order valence-electron chi connectivity index (χ2n) is 7.20. The van der Waals surface area contributed by atoms with Crippen LogP contribution in [0.5, 0.6) is 11.5 Å². The second-order valence-corrected chi connectivity index (χ2v) is 8.06. The van der Waals surface area contributed by atoms with Gasteiger partial charge < -0.3 is 9.47 Å². The van der Waals surface area contributed by atoms with E-state index in [1.165, 1.54) is 11.3 Å².